The highest BCUT2D eigenvalue weighted by atomic mass is 16.5. The fourth-order valence-electron chi connectivity index (χ4n) is 1.76. The van der Waals surface area contributed by atoms with E-state index in [9.17, 15) is 4.79 Å². The molecule has 0 aromatic carbocycles. The molecule has 1 aromatic rings. The van der Waals surface area contributed by atoms with Crippen LogP contribution in [0.25, 0.3) is 0 Å². The third-order valence-corrected chi connectivity index (χ3v) is 2.78. The molecule has 0 spiro atoms. The molecule has 1 aliphatic heterocycles. The van der Waals surface area contributed by atoms with Crippen LogP contribution in [0.2, 0.25) is 0 Å². The van der Waals surface area contributed by atoms with Gasteiger partial charge in [0.15, 0.2) is 0 Å². The third kappa shape index (κ3) is 2.84. The number of nitrogens with zero attached hydrogens (tertiary/aromatic N) is 2. The number of nitrogens with one attached hydrogen (secondary N) is 2. The lowest BCUT2D eigenvalue weighted by atomic mass is 10.2. The Balaban J connectivity index is 1.98. The minimum absolute atomic E-state index is 0.00512. The van der Waals surface area contributed by atoms with Crippen LogP contribution in [-0.2, 0) is 0 Å². The average Bonchev–Trinajstić information content (AvgIpc) is 3.04. The zero-order valence-corrected chi connectivity index (χ0v) is 9.80. The Morgan fingerprint density at radius 2 is 2.33 bits per heavy atom. The van der Waals surface area contributed by atoms with Crippen LogP contribution in [0.4, 0.5) is 0 Å². The summed E-state index contributed by atoms with van der Waals surface area (Å²) >= 11 is 0. The van der Waals surface area contributed by atoms with Gasteiger partial charge in [0, 0.05) is 0 Å². The summed E-state index contributed by atoms with van der Waals surface area (Å²) in [5.74, 6) is -0.274. The Labute approximate surface area is 103 Å². The van der Waals surface area contributed by atoms with E-state index in [-0.39, 0.29) is 25.1 Å². The third-order valence-electron chi connectivity index (χ3n) is 2.78. The first-order chi connectivity index (χ1) is 8.74. The van der Waals surface area contributed by atoms with Crippen LogP contribution in [0.1, 0.15) is 35.4 Å². The van der Waals surface area contributed by atoms with Crippen molar-refractivity contribution in [3.05, 3.63) is 11.7 Å². The first-order valence-electron chi connectivity index (χ1n) is 5.84. The molecule has 2 rings (SSSR count). The number of carbonyl (C=O) groups excluding carboxylic acids is 1. The van der Waals surface area contributed by atoms with E-state index in [1.165, 1.54) is 0 Å². The predicted octanol–water partition coefficient (Wildman–Crippen LogP) is -1.42. The fourth-order valence-corrected chi connectivity index (χ4v) is 1.76. The molecule has 0 aliphatic carbocycles. The van der Waals surface area contributed by atoms with E-state index in [4.69, 9.17) is 14.7 Å². The number of aliphatic hydroxyl groups is 2. The van der Waals surface area contributed by atoms with Crippen LogP contribution < -0.4 is 10.6 Å². The van der Waals surface area contributed by atoms with Gasteiger partial charge in [0.05, 0.1) is 25.3 Å². The van der Waals surface area contributed by atoms with Gasteiger partial charge < -0.3 is 25.4 Å². The maximum Gasteiger partial charge on any atom is 0.293 e. The van der Waals surface area contributed by atoms with Crippen LogP contribution in [0, 0.1) is 0 Å². The summed E-state index contributed by atoms with van der Waals surface area (Å²) in [5.41, 5.74) is 0. The fraction of sp³-hybridized carbons (Fsp3) is 0.700. The van der Waals surface area contributed by atoms with E-state index in [1.54, 1.807) is 0 Å². The molecular weight excluding hydrogens is 240 g/mol. The van der Waals surface area contributed by atoms with Gasteiger partial charge in [0.25, 0.3) is 11.7 Å². The molecule has 1 aromatic heterocycles. The maximum atomic E-state index is 11.7. The van der Waals surface area contributed by atoms with Crippen molar-refractivity contribution in [2.75, 3.05) is 19.8 Å². The highest BCUT2D eigenvalue weighted by molar-refractivity contribution is 5.90. The summed E-state index contributed by atoms with van der Waals surface area (Å²) in [6.07, 6.45) is 1.94. The standard InChI is InChI=1S/C10H16N4O4/c15-4-6(5-16)12-9(17)8-13-10(18-14-8)7-2-1-3-11-7/h6-7,11,15-16H,1-5H2,(H,12,17). The highest BCUT2D eigenvalue weighted by Gasteiger charge is 2.24. The van der Waals surface area contributed by atoms with Crippen LogP contribution in [0.5, 0.6) is 0 Å². The molecule has 0 radical (unpaired) electrons. The number of aliphatic hydroxyl groups excluding tert-OH is 2. The summed E-state index contributed by atoms with van der Waals surface area (Å²) in [7, 11) is 0. The Morgan fingerprint density at radius 3 is 2.94 bits per heavy atom. The van der Waals surface area contributed by atoms with Crippen molar-refractivity contribution in [2.45, 2.75) is 24.9 Å². The van der Waals surface area contributed by atoms with Crippen LogP contribution in [0.15, 0.2) is 4.52 Å². The van der Waals surface area contributed by atoms with Crippen molar-refractivity contribution in [3.8, 4) is 0 Å². The summed E-state index contributed by atoms with van der Waals surface area (Å²) in [6, 6.07) is -0.713. The van der Waals surface area contributed by atoms with Crippen molar-refractivity contribution in [3.63, 3.8) is 0 Å². The average molecular weight is 256 g/mol. The zero-order chi connectivity index (χ0) is 13.0. The SMILES string of the molecule is O=C(NC(CO)CO)c1noc(C2CCCN2)n1. The molecule has 1 unspecified atom stereocenters. The van der Waals surface area contributed by atoms with Crippen molar-refractivity contribution >= 4 is 5.91 Å². The normalized spacial score (nSPS) is 19.4. The summed E-state index contributed by atoms with van der Waals surface area (Å²) < 4.78 is 5.01. The second-order valence-electron chi connectivity index (χ2n) is 4.14. The summed E-state index contributed by atoms with van der Waals surface area (Å²) in [4.78, 5) is 15.7. The van der Waals surface area contributed by atoms with E-state index < -0.39 is 11.9 Å². The van der Waals surface area contributed by atoms with Gasteiger partial charge in [-0.1, -0.05) is 5.16 Å². The largest absolute Gasteiger partial charge is 0.394 e. The van der Waals surface area contributed by atoms with Crippen molar-refractivity contribution in [1.82, 2.24) is 20.8 Å². The van der Waals surface area contributed by atoms with Gasteiger partial charge in [-0.15, -0.1) is 0 Å². The quantitative estimate of drug-likeness (QED) is 0.510. The highest BCUT2D eigenvalue weighted by Crippen LogP contribution is 2.20. The number of amides is 1. The van der Waals surface area contributed by atoms with Gasteiger partial charge in [-0.05, 0) is 19.4 Å². The molecule has 100 valence electrons. The number of hydrogen-bond acceptors (Lipinski definition) is 7. The second kappa shape index (κ2) is 5.89. The monoisotopic (exact) mass is 256 g/mol. The predicted molar refractivity (Wildman–Crippen MR) is 59.7 cm³/mol. The topological polar surface area (TPSA) is 121 Å². The van der Waals surface area contributed by atoms with Crippen LogP contribution in [-0.4, -0.2) is 52.1 Å². The molecule has 1 amide bonds. The van der Waals surface area contributed by atoms with Gasteiger partial charge in [-0.25, -0.2) is 0 Å². The van der Waals surface area contributed by atoms with Crippen molar-refractivity contribution in [1.29, 1.82) is 0 Å². The summed E-state index contributed by atoms with van der Waals surface area (Å²) in [5, 5.41) is 26.9. The van der Waals surface area contributed by atoms with Gasteiger partial charge in [-0.3, -0.25) is 4.79 Å². The molecule has 8 heteroatoms. The van der Waals surface area contributed by atoms with Gasteiger partial charge in [0.2, 0.25) is 5.89 Å². The van der Waals surface area contributed by atoms with Gasteiger partial charge in [0.1, 0.15) is 0 Å². The maximum absolute atomic E-state index is 11.7. The van der Waals surface area contributed by atoms with E-state index in [2.05, 4.69) is 20.8 Å². The molecule has 1 atom stereocenters. The molecular formula is C10H16N4O4. The first-order valence-corrected chi connectivity index (χ1v) is 5.84. The van der Waals surface area contributed by atoms with E-state index in [0.29, 0.717) is 5.89 Å². The molecule has 1 fully saturated rings. The van der Waals surface area contributed by atoms with Gasteiger partial charge in [-0.2, -0.15) is 4.98 Å². The van der Waals surface area contributed by atoms with Gasteiger partial charge >= 0.3 is 0 Å². The second-order valence-corrected chi connectivity index (χ2v) is 4.14. The molecule has 0 saturated carbocycles. The lowest BCUT2D eigenvalue weighted by Crippen LogP contribution is -2.40. The Morgan fingerprint density at radius 1 is 1.56 bits per heavy atom. The molecule has 18 heavy (non-hydrogen) atoms. The van der Waals surface area contributed by atoms with Crippen LogP contribution in [0.3, 0.4) is 0 Å². The molecule has 8 nitrogen and oxygen atoms in total. The Hall–Kier alpha value is -1.51. The summed E-state index contributed by atoms with van der Waals surface area (Å²) in [6.45, 7) is 0.194. The Bertz CT molecular complexity index is 398. The molecule has 4 N–H and O–H groups in total. The number of aromatic nitrogens is 2. The number of carbonyl (C=O) groups is 1. The lowest BCUT2D eigenvalue weighted by molar-refractivity contribution is 0.0866. The van der Waals surface area contributed by atoms with Crippen molar-refractivity contribution < 1.29 is 19.5 Å². The number of rotatable bonds is 5. The molecule has 0 bridgehead atoms. The Kier molecular flexibility index (Phi) is 4.24. The van der Waals surface area contributed by atoms with E-state index in [0.717, 1.165) is 19.4 Å². The minimum Gasteiger partial charge on any atom is -0.394 e. The van der Waals surface area contributed by atoms with E-state index >= 15 is 0 Å². The number of hydrogen-bond donors (Lipinski definition) is 4. The smallest absolute Gasteiger partial charge is 0.293 e. The van der Waals surface area contributed by atoms with Crippen molar-refractivity contribution in [2.24, 2.45) is 0 Å². The molecule has 1 aliphatic rings. The molecule has 1 saturated heterocycles. The lowest BCUT2D eigenvalue weighted by Gasteiger charge is -2.10. The van der Waals surface area contributed by atoms with E-state index in [1.807, 2.05) is 0 Å². The first kappa shape index (κ1) is 12.9. The molecule has 2 heterocycles. The minimum atomic E-state index is -0.718. The van der Waals surface area contributed by atoms with Crippen LogP contribution >= 0.6 is 0 Å². The zero-order valence-electron chi connectivity index (χ0n) is 9.80.